The van der Waals surface area contributed by atoms with Gasteiger partial charge in [0.1, 0.15) is 5.78 Å². The zero-order chi connectivity index (χ0) is 11.3. The van der Waals surface area contributed by atoms with Crippen LogP contribution in [-0.4, -0.2) is 23.9 Å². The predicted octanol–water partition coefficient (Wildman–Crippen LogP) is 1.54. The summed E-state index contributed by atoms with van der Waals surface area (Å²) >= 11 is 0. The fourth-order valence-electron chi connectivity index (χ4n) is 1.42. The number of pyridine rings is 1. The second-order valence-corrected chi connectivity index (χ2v) is 4.43. The summed E-state index contributed by atoms with van der Waals surface area (Å²) in [6.07, 6.45) is 3.64. The van der Waals surface area contributed by atoms with Gasteiger partial charge < -0.3 is 5.32 Å². The summed E-state index contributed by atoms with van der Waals surface area (Å²) in [6.45, 7) is 7.07. The van der Waals surface area contributed by atoms with Gasteiger partial charge in [-0.2, -0.15) is 0 Å². The van der Waals surface area contributed by atoms with E-state index >= 15 is 0 Å². The predicted molar refractivity (Wildman–Crippen MR) is 60.8 cm³/mol. The van der Waals surface area contributed by atoms with E-state index in [0.29, 0.717) is 6.54 Å². The molecule has 0 saturated heterocycles. The lowest BCUT2D eigenvalue weighted by molar-refractivity contribution is -0.116. The third-order valence-electron chi connectivity index (χ3n) is 2.38. The summed E-state index contributed by atoms with van der Waals surface area (Å²) in [6, 6.07) is 3.99. The van der Waals surface area contributed by atoms with Gasteiger partial charge in [-0.15, -0.1) is 0 Å². The van der Waals surface area contributed by atoms with Crippen molar-refractivity contribution in [1.29, 1.82) is 0 Å². The topological polar surface area (TPSA) is 42.0 Å². The Morgan fingerprint density at radius 2 is 2.27 bits per heavy atom. The number of Topliss-reactive ketones (excluding diaryl/α,β-unsaturated/α-hetero) is 1. The van der Waals surface area contributed by atoms with E-state index in [2.05, 4.69) is 30.2 Å². The van der Waals surface area contributed by atoms with Crippen LogP contribution in [0.15, 0.2) is 24.5 Å². The van der Waals surface area contributed by atoms with Crippen LogP contribution in [0, 0.1) is 0 Å². The van der Waals surface area contributed by atoms with Crippen molar-refractivity contribution in [1.82, 2.24) is 10.3 Å². The molecule has 15 heavy (non-hydrogen) atoms. The Morgan fingerprint density at radius 3 is 2.80 bits per heavy atom. The minimum Gasteiger partial charge on any atom is -0.309 e. The van der Waals surface area contributed by atoms with Gasteiger partial charge in [-0.25, -0.2) is 0 Å². The molecular weight excluding hydrogens is 188 g/mol. The van der Waals surface area contributed by atoms with Gasteiger partial charge in [-0.3, -0.25) is 9.78 Å². The molecule has 0 bridgehead atoms. The number of nitrogens with zero attached hydrogens (tertiary/aromatic N) is 1. The third kappa shape index (κ3) is 3.80. The Balaban J connectivity index is 2.56. The van der Waals surface area contributed by atoms with Crippen LogP contribution in [-0.2, 0) is 10.2 Å². The monoisotopic (exact) mass is 206 g/mol. The molecule has 0 unspecified atom stereocenters. The molecule has 1 heterocycles. The van der Waals surface area contributed by atoms with Crippen molar-refractivity contribution in [2.45, 2.75) is 26.2 Å². The molecule has 0 amide bonds. The van der Waals surface area contributed by atoms with E-state index in [4.69, 9.17) is 0 Å². The summed E-state index contributed by atoms with van der Waals surface area (Å²) in [4.78, 5) is 14.9. The van der Waals surface area contributed by atoms with Crippen molar-refractivity contribution in [3.63, 3.8) is 0 Å². The normalized spacial score (nSPS) is 11.4. The molecule has 0 fully saturated rings. The molecule has 0 aromatic carbocycles. The number of hydrogen-bond acceptors (Lipinski definition) is 3. The van der Waals surface area contributed by atoms with Crippen LogP contribution in [0.25, 0.3) is 0 Å². The maximum atomic E-state index is 10.8. The number of aromatic nitrogens is 1. The lowest BCUT2D eigenvalue weighted by Gasteiger charge is -2.25. The molecule has 1 aromatic rings. The molecule has 0 aliphatic heterocycles. The second-order valence-electron chi connectivity index (χ2n) is 4.43. The standard InChI is InChI=1S/C12H18N2O/c1-10(15)7-14-9-12(2,3)11-5-4-6-13-8-11/h4-6,8,14H,7,9H2,1-3H3. The highest BCUT2D eigenvalue weighted by Crippen LogP contribution is 2.20. The van der Waals surface area contributed by atoms with E-state index in [-0.39, 0.29) is 11.2 Å². The highest BCUT2D eigenvalue weighted by atomic mass is 16.1. The average Bonchev–Trinajstić information content (AvgIpc) is 2.18. The lowest BCUT2D eigenvalue weighted by atomic mass is 9.86. The van der Waals surface area contributed by atoms with E-state index in [1.165, 1.54) is 5.56 Å². The van der Waals surface area contributed by atoms with Crippen LogP contribution in [0.5, 0.6) is 0 Å². The third-order valence-corrected chi connectivity index (χ3v) is 2.38. The van der Waals surface area contributed by atoms with Crippen molar-refractivity contribution in [2.75, 3.05) is 13.1 Å². The molecule has 0 aliphatic rings. The number of carbonyl (C=O) groups is 1. The summed E-state index contributed by atoms with van der Waals surface area (Å²) in [7, 11) is 0. The number of hydrogen-bond donors (Lipinski definition) is 1. The Hall–Kier alpha value is -1.22. The van der Waals surface area contributed by atoms with Gasteiger partial charge >= 0.3 is 0 Å². The molecule has 0 radical (unpaired) electrons. The minimum absolute atomic E-state index is 0.00368. The van der Waals surface area contributed by atoms with Gasteiger partial charge in [-0.05, 0) is 18.6 Å². The van der Waals surface area contributed by atoms with Crippen molar-refractivity contribution >= 4 is 5.78 Å². The van der Waals surface area contributed by atoms with Gasteiger partial charge in [0.25, 0.3) is 0 Å². The second kappa shape index (κ2) is 5.03. The zero-order valence-corrected chi connectivity index (χ0v) is 9.58. The molecule has 0 saturated carbocycles. The van der Waals surface area contributed by atoms with Gasteiger partial charge in [-0.1, -0.05) is 19.9 Å². The van der Waals surface area contributed by atoms with Crippen molar-refractivity contribution < 1.29 is 4.79 Å². The lowest BCUT2D eigenvalue weighted by Crippen LogP contribution is -2.35. The average molecular weight is 206 g/mol. The molecule has 0 aliphatic carbocycles. The first-order valence-corrected chi connectivity index (χ1v) is 5.13. The highest BCUT2D eigenvalue weighted by Gasteiger charge is 2.19. The summed E-state index contributed by atoms with van der Waals surface area (Å²) in [5, 5.41) is 3.15. The van der Waals surface area contributed by atoms with Crippen LogP contribution in [0.3, 0.4) is 0 Å². The van der Waals surface area contributed by atoms with Crippen LogP contribution in [0.4, 0.5) is 0 Å². The molecule has 1 aromatic heterocycles. The fraction of sp³-hybridized carbons (Fsp3) is 0.500. The smallest absolute Gasteiger partial charge is 0.143 e. The highest BCUT2D eigenvalue weighted by molar-refractivity contribution is 5.77. The first-order valence-electron chi connectivity index (χ1n) is 5.13. The molecule has 1 N–H and O–H groups in total. The minimum atomic E-state index is 0.00368. The van der Waals surface area contributed by atoms with Gasteiger partial charge in [0.05, 0.1) is 6.54 Å². The van der Waals surface area contributed by atoms with Gasteiger partial charge in [0.2, 0.25) is 0 Å². The van der Waals surface area contributed by atoms with Crippen LogP contribution in [0.2, 0.25) is 0 Å². The molecule has 3 nitrogen and oxygen atoms in total. The molecular formula is C12H18N2O. The largest absolute Gasteiger partial charge is 0.309 e. The van der Waals surface area contributed by atoms with E-state index in [0.717, 1.165) is 6.54 Å². The summed E-state index contributed by atoms with van der Waals surface area (Å²) in [5.74, 6) is 0.164. The van der Waals surface area contributed by atoms with Crippen molar-refractivity contribution in [3.8, 4) is 0 Å². The number of ketones is 1. The first-order chi connectivity index (χ1) is 7.02. The van der Waals surface area contributed by atoms with E-state index in [9.17, 15) is 4.79 Å². The molecule has 82 valence electrons. The Labute approximate surface area is 90.9 Å². The van der Waals surface area contributed by atoms with E-state index in [1.54, 1.807) is 13.1 Å². The van der Waals surface area contributed by atoms with Crippen molar-refractivity contribution in [2.24, 2.45) is 0 Å². The SMILES string of the molecule is CC(=O)CNCC(C)(C)c1cccnc1. The Morgan fingerprint density at radius 1 is 1.53 bits per heavy atom. The summed E-state index contributed by atoms with van der Waals surface area (Å²) < 4.78 is 0. The molecule has 1 rings (SSSR count). The zero-order valence-electron chi connectivity index (χ0n) is 9.58. The maximum absolute atomic E-state index is 10.8. The fourth-order valence-corrected chi connectivity index (χ4v) is 1.42. The van der Waals surface area contributed by atoms with Crippen LogP contribution >= 0.6 is 0 Å². The summed E-state index contributed by atoms with van der Waals surface area (Å²) in [5.41, 5.74) is 1.19. The van der Waals surface area contributed by atoms with E-state index < -0.39 is 0 Å². The first kappa shape index (κ1) is 11.9. The van der Waals surface area contributed by atoms with Crippen LogP contribution < -0.4 is 5.32 Å². The maximum Gasteiger partial charge on any atom is 0.143 e. The quantitative estimate of drug-likeness (QED) is 0.794. The number of rotatable bonds is 5. The Kier molecular flexibility index (Phi) is 3.97. The molecule has 0 spiro atoms. The van der Waals surface area contributed by atoms with Gasteiger partial charge in [0, 0.05) is 24.4 Å². The molecule has 3 heteroatoms. The van der Waals surface area contributed by atoms with E-state index in [1.807, 2.05) is 12.3 Å². The Bertz CT molecular complexity index is 320. The van der Waals surface area contributed by atoms with Gasteiger partial charge in [0.15, 0.2) is 0 Å². The number of nitrogens with one attached hydrogen (secondary N) is 1. The molecule has 0 atom stereocenters. The van der Waals surface area contributed by atoms with Crippen molar-refractivity contribution in [3.05, 3.63) is 30.1 Å². The number of carbonyl (C=O) groups excluding carboxylic acids is 1. The van der Waals surface area contributed by atoms with Crippen LogP contribution in [0.1, 0.15) is 26.3 Å².